The Morgan fingerprint density at radius 2 is 2.06 bits per heavy atom. The predicted octanol–water partition coefficient (Wildman–Crippen LogP) is 3.22. The highest BCUT2D eigenvalue weighted by atomic mass is 16.6. The maximum atomic E-state index is 11.2. The summed E-state index contributed by atoms with van der Waals surface area (Å²) in [5, 5.41) is 28.1. The number of H-pyrrole nitrogens is 1. The summed E-state index contributed by atoms with van der Waals surface area (Å²) in [4.78, 5) is 10.8. The Hall–Kier alpha value is -4.52. The maximum Gasteiger partial charge on any atom is 0.270 e. The van der Waals surface area contributed by atoms with E-state index in [1.807, 2.05) is 0 Å². The van der Waals surface area contributed by atoms with E-state index in [9.17, 15) is 15.4 Å². The third kappa shape index (κ3) is 3.28. The van der Waals surface area contributed by atoms with Gasteiger partial charge >= 0.3 is 0 Å². The van der Waals surface area contributed by atoms with Crippen LogP contribution in [0.3, 0.4) is 0 Å². The first-order valence-electron chi connectivity index (χ1n) is 9.11. The van der Waals surface area contributed by atoms with Crippen LogP contribution in [0.2, 0.25) is 0 Å². The number of nitro benzene ring substituents is 1. The Bertz CT molecular complexity index is 1260. The van der Waals surface area contributed by atoms with Gasteiger partial charge in [-0.05, 0) is 6.07 Å². The van der Waals surface area contributed by atoms with E-state index < -0.39 is 10.8 Å². The number of methoxy groups -OCH3 is 2. The predicted molar refractivity (Wildman–Crippen MR) is 110 cm³/mol. The van der Waals surface area contributed by atoms with Gasteiger partial charge in [-0.1, -0.05) is 18.2 Å². The van der Waals surface area contributed by atoms with Gasteiger partial charge in [-0.15, -0.1) is 5.10 Å². The molecule has 2 heterocycles. The highest BCUT2D eigenvalue weighted by Gasteiger charge is 2.37. The highest BCUT2D eigenvalue weighted by molar-refractivity contribution is 5.73. The summed E-state index contributed by atoms with van der Waals surface area (Å²) in [6, 6.07) is 13.4. The van der Waals surface area contributed by atoms with Gasteiger partial charge in [0.1, 0.15) is 23.1 Å². The first-order chi connectivity index (χ1) is 15.0. The number of fused-ring (bicyclic) bond motifs is 1. The minimum atomic E-state index is -0.678. The quantitative estimate of drug-likeness (QED) is 0.473. The third-order valence-electron chi connectivity index (χ3n) is 5.04. The standard InChI is InChI=1S/C21H17N5O5/c1-29-13-6-7-14(16(9-13)30-2)17-15(10-22)20(23)31-21-18(17)19(24-25-21)11-4-3-5-12(8-11)26(27)28/h3-9,17H,23H2,1-2H3,(H,24,25). The number of aromatic nitrogens is 2. The number of aromatic amines is 1. The molecule has 31 heavy (non-hydrogen) atoms. The Labute approximate surface area is 176 Å². The molecule has 10 nitrogen and oxygen atoms in total. The lowest BCUT2D eigenvalue weighted by Crippen LogP contribution is -2.21. The summed E-state index contributed by atoms with van der Waals surface area (Å²) in [5.74, 6) is 0.483. The molecule has 1 aliphatic heterocycles. The number of nitrogens with zero attached hydrogens (tertiary/aromatic N) is 3. The average Bonchev–Trinajstić information content (AvgIpc) is 3.21. The van der Waals surface area contributed by atoms with Crippen molar-refractivity contribution in [2.45, 2.75) is 5.92 Å². The van der Waals surface area contributed by atoms with Crippen LogP contribution < -0.4 is 19.9 Å². The first kappa shape index (κ1) is 19.8. The molecule has 2 aromatic carbocycles. The van der Waals surface area contributed by atoms with E-state index in [1.165, 1.54) is 26.4 Å². The Kier molecular flexibility index (Phi) is 4.92. The number of benzene rings is 2. The molecule has 1 aromatic heterocycles. The van der Waals surface area contributed by atoms with Gasteiger partial charge in [0.05, 0.1) is 36.3 Å². The van der Waals surface area contributed by atoms with Crippen molar-refractivity contribution in [2.75, 3.05) is 14.2 Å². The summed E-state index contributed by atoms with van der Waals surface area (Å²) >= 11 is 0. The fraction of sp³-hybridized carbons (Fsp3) is 0.143. The van der Waals surface area contributed by atoms with Crippen LogP contribution in [0.15, 0.2) is 53.9 Å². The number of nitriles is 1. The van der Waals surface area contributed by atoms with Crippen LogP contribution in [0.25, 0.3) is 11.3 Å². The van der Waals surface area contributed by atoms with Crippen LogP contribution in [-0.2, 0) is 0 Å². The van der Waals surface area contributed by atoms with Crippen LogP contribution in [-0.4, -0.2) is 29.3 Å². The van der Waals surface area contributed by atoms with Crippen molar-refractivity contribution in [2.24, 2.45) is 5.73 Å². The minimum Gasteiger partial charge on any atom is -0.497 e. The smallest absolute Gasteiger partial charge is 0.270 e. The van der Waals surface area contributed by atoms with Gasteiger partial charge in [0.2, 0.25) is 11.8 Å². The van der Waals surface area contributed by atoms with Gasteiger partial charge in [0, 0.05) is 29.3 Å². The van der Waals surface area contributed by atoms with Gasteiger partial charge in [0.15, 0.2) is 0 Å². The van der Waals surface area contributed by atoms with Crippen LogP contribution in [0, 0.1) is 21.4 Å². The van der Waals surface area contributed by atoms with E-state index in [1.54, 1.807) is 30.3 Å². The lowest BCUT2D eigenvalue weighted by atomic mass is 9.82. The van der Waals surface area contributed by atoms with Crippen LogP contribution in [0.5, 0.6) is 17.4 Å². The SMILES string of the molecule is COc1ccc(C2C(C#N)=C(N)Oc3n[nH]c(-c4cccc([N+](=O)[O-])c4)c32)c(OC)c1. The van der Waals surface area contributed by atoms with Crippen molar-refractivity contribution >= 4 is 5.69 Å². The molecule has 0 bridgehead atoms. The zero-order valence-corrected chi connectivity index (χ0v) is 16.6. The molecule has 4 rings (SSSR count). The summed E-state index contributed by atoms with van der Waals surface area (Å²) in [6.07, 6.45) is 0. The lowest BCUT2D eigenvalue weighted by molar-refractivity contribution is -0.384. The van der Waals surface area contributed by atoms with Gasteiger partial charge in [-0.2, -0.15) is 5.26 Å². The van der Waals surface area contributed by atoms with E-state index in [2.05, 4.69) is 16.3 Å². The van der Waals surface area contributed by atoms with Gasteiger partial charge in [-0.25, -0.2) is 0 Å². The molecular formula is C21H17N5O5. The Morgan fingerprint density at radius 1 is 1.26 bits per heavy atom. The molecule has 0 fully saturated rings. The van der Waals surface area contributed by atoms with Crippen molar-refractivity contribution in [3.63, 3.8) is 0 Å². The number of hydrogen-bond donors (Lipinski definition) is 2. The first-order valence-corrected chi connectivity index (χ1v) is 9.11. The van der Waals surface area contributed by atoms with Crippen molar-refractivity contribution in [1.29, 1.82) is 5.26 Å². The fourth-order valence-corrected chi connectivity index (χ4v) is 3.61. The molecule has 0 amide bonds. The summed E-state index contributed by atoms with van der Waals surface area (Å²) in [5.41, 5.74) is 8.26. The van der Waals surface area contributed by atoms with Crippen molar-refractivity contribution < 1.29 is 19.1 Å². The van der Waals surface area contributed by atoms with Gasteiger partial charge in [0.25, 0.3) is 5.69 Å². The number of nitro groups is 1. The van der Waals surface area contributed by atoms with Gasteiger partial charge < -0.3 is 19.9 Å². The zero-order valence-electron chi connectivity index (χ0n) is 16.6. The minimum absolute atomic E-state index is 0.0741. The highest BCUT2D eigenvalue weighted by Crippen LogP contribution is 2.48. The summed E-state index contributed by atoms with van der Waals surface area (Å²) in [7, 11) is 3.05. The molecule has 3 N–H and O–H groups in total. The number of allylic oxidation sites excluding steroid dienone is 1. The van der Waals surface area contributed by atoms with Crippen molar-refractivity contribution in [3.05, 3.63) is 75.2 Å². The number of nitrogens with two attached hydrogens (primary N) is 1. The largest absolute Gasteiger partial charge is 0.497 e. The zero-order chi connectivity index (χ0) is 22.1. The molecule has 10 heteroatoms. The molecular weight excluding hydrogens is 402 g/mol. The van der Waals surface area contributed by atoms with Crippen LogP contribution in [0.4, 0.5) is 5.69 Å². The van der Waals surface area contributed by atoms with Crippen LogP contribution >= 0.6 is 0 Å². The van der Waals surface area contributed by atoms with E-state index in [0.717, 1.165) is 0 Å². The lowest BCUT2D eigenvalue weighted by Gasteiger charge is -2.25. The van der Waals surface area contributed by atoms with Crippen molar-refractivity contribution in [3.8, 4) is 34.7 Å². The molecule has 0 saturated carbocycles. The third-order valence-corrected chi connectivity index (χ3v) is 5.04. The Morgan fingerprint density at radius 3 is 2.74 bits per heavy atom. The van der Waals surface area contributed by atoms with E-state index in [-0.39, 0.29) is 23.0 Å². The molecule has 156 valence electrons. The summed E-state index contributed by atoms with van der Waals surface area (Å²) in [6.45, 7) is 0. The second-order valence-electron chi connectivity index (χ2n) is 6.66. The Balaban J connectivity index is 1.96. The van der Waals surface area contributed by atoms with E-state index >= 15 is 0 Å². The van der Waals surface area contributed by atoms with Gasteiger partial charge in [-0.3, -0.25) is 15.2 Å². The topological polar surface area (TPSA) is 149 Å². The normalized spacial score (nSPS) is 14.9. The van der Waals surface area contributed by atoms with Crippen LogP contribution in [0.1, 0.15) is 17.0 Å². The number of nitrogens with one attached hydrogen (secondary N) is 1. The monoisotopic (exact) mass is 419 g/mol. The molecule has 1 unspecified atom stereocenters. The second-order valence-corrected chi connectivity index (χ2v) is 6.66. The maximum absolute atomic E-state index is 11.2. The molecule has 0 radical (unpaired) electrons. The molecule has 1 atom stereocenters. The number of non-ortho nitro benzene ring substituents is 1. The molecule has 0 aliphatic carbocycles. The fourth-order valence-electron chi connectivity index (χ4n) is 3.61. The van der Waals surface area contributed by atoms with Crippen molar-refractivity contribution in [1.82, 2.24) is 10.2 Å². The number of ether oxygens (including phenoxy) is 3. The molecule has 0 saturated heterocycles. The average molecular weight is 419 g/mol. The second kappa shape index (κ2) is 7.72. The molecule has 0 spiro atoms. The summed E-state index contributed by atoms with van der Waals surface area (Å²) < 4.78 is 16.4. The number of hydrogen-bond acceptors (Lipinski definition) is 8. The van der Waals surface area contributed by atoms with E-state index in [4.69, 9.17) is 19.9 Å². The number of rotatable bonds is 5. The molecule has 1 aliphatic rings. The van der Waals surface area contributed by atoms with E-state index in [0.29, 0.717) is 33.9 Å². The molecule has 3 aromatic rings.